The first kappa shape index (κ1) is 18.8. The molecule has 0 spiro atoms. The molecule has 134 valence electrons. The van der Waals surface area contributed by atoms with E-state index in [1.807, 2.05) is 44.2 Å². The van der Waals surface area contributed by atoms with Gasteiger partial charge in [0.25, 0.3) is 0 Å². The summed E-state index contributed by atoms with van der Waals surface area (Å²) in [5.41, 5.74) is 3.72. The van der Waals surface area contributed by atoms with Crippen molar-refractivity contribution >= 4 is 11.6 Å². The summed E-state index contributed by atoms with van der Waals surface area (Å²) < 4.78 is 5.46. The van der Waals surface area contributed by atoms with Gasteiger partial charge in [0.15, 0.2) is 0 Å². The highest BCUT2D eigenvalue weighted by molar-refractivity contribution is 5.84. The molecule has 0 fully saturated rings. The molecule has 0 saturated heterocycles. The van der Waals surface area contributed by atoms with Crippen LogP contribution in [0.1, 0.15) is 30.5 Å². The van der Waals surface area contributed by atoms with Crippen LogP contribution >= 0.6 is 0 Å². The maximum Gasteiger partial charge on any atom is 0.242 e. The van der Waals surface area contributed by atoms with Crippen molar-refractivity contribution in [3.8, 4) is 5.75 Å². The Morgan fingerprint density at radius 1 is 1.20 bits per heavy atom. The number of carbonyl (C=O) groups is 1. The van der Waals surface area contributed by atoms with Crippen LogP contribution in [-0.4, -0.2) is 23.7 Å². The van der Waals surface area contributed by atoms with E-state index in [1.54, 1.807) is 19.1 Å². The van der Waals surface area contributed by atoms with Crippen molar-refractivity contribution < 1.29 is 14.6 Å². The number of anilines is 1. The monoisotopic (exact) mass is 342 g/mol. The van der Waals surface area contributed by atoms with Crippen molar-refractivity contribution in [2.45, 2.75) is 40.0 Å². The van der Waals surface area contributed by atoms with Gasteiger partial charge >= 0.3 is 0 Å². The smallest absolute Gasteiger partial charge is 0.242 e. The summed E-state index contributed by atoms with van der Waals surface area (Å²) in [6.45, 7) is 6.66. The van der Waals surface area contributed by atoms with E-state index < -0.39 is 6.04 Å². The van der Waals surface area contributed by atoms with Gasteiger partial charge in [0, 0.05) is 17.8 Å². The Balaban J connectivity index is 1.92. The SMILES string of the molecule is CCOc1ccc(NC(C)C(=O)NCc2ccc(C)cc2)cc1CO. The summed E-state index contributed by atoms with van der Waals surface area (Å²) in [7, 11) is 0. The van der Waals surface area contributed by atoms with Crippen LogP contribution in [-0.2, 0) is 17.9 Å². The number of ether oxygens (including phenoxy) is 1. The van der Waals surface area contributed by atoms with Crippen LogP contribution in [0.2, 0.25) is 0 Å². The molecule has 0 bridgehead atoms. The summed E-state index contributed by atoms with van der Waals surface area (Å²) >= 11 is 0. The molecular weight excluding hydrogens is 316 g/mol. The number of aryl methyl sites for hydroxylation is 1. The van der Waals surface area contributed by atoms with Crippen LogP contribution in [0.4, 0.5) is 5.69 Å². The molecule has 0 heterocycles. The average molecular weight is 342 g/mol. The van der Waals surface area contributed by atoms with Gasteiger partial charge in [-0.05, 0) is 44.5 Å². The van der Waals surface area contributed by atoms with Crippen LogP contribution in [0.15, 0.2) is 42.5 Å². The number of amides is 1. The van der Waals surface area contributed by atoms with Crippen LogP contribution in [0, 0.1) is 6.92 Å². The quantitative estimate of drug-likeness (QED) is 0.690. The van der Waals surface area contributed by atoms with Gasteiger partial charge in [-0.1, -0.05) is 29.8 Å². The van der Waals surface area contributed by atoms with Gasteiger partial charge in [-0.25, -0.2) is 0 Å². The molecule has 2 rings (SSSR count). The number of carbonyl (C=O) groups excluding carboxylic acids is 1. The Kier molecular flexibility index (Phi) is 6.83. The maximum absolute atomic E-state index is 12.3. The fraction of sp³-hybridized carbons (Fsp3) is 0.350. The third-order valence-corrected chi connectivity index (χ3v) is 3.89. The van der Waals surface area contributed by atoms with E-state index in [9.17, 15) is 9.90 Å². The summed E-state index contributed by atoms with van der Waals surface area (Å²) in [5.74, 6) is 0.576. The first-order valence-electron chi connectivity index (χ1n) is 8.50. The van der Waals surface area contributed by atoms with Crippen molar-refractivity contribution in [1.82, 2.24) is 5.32 Å². The summed E-state index contributed by atoms with van der Waals surface area (Å²) in [6.07, 6.45) is 0. The topological polar surface area (TPSA) is 70.6 Å². The number of rotatable bonds is 8. The summed E-state index contributed by atoms with van der Waals surface area (Å²) in [4.78, 5) is 12.3. The fourth-order valence-electron chi connectivity index (χ4n) is 2.45. The lowest BCUT2D eigenvalue weighted by molar-refractivity contribution is -0.121. The predicted octanol–water partition coefficient (Wildman–Crippen LogP) is 3.00. The largest absolute Gasteiger partial charge is 0.494 e. The van der Waals surface area contributed by atoms with Crippen LogP contribution in [0.25, 0.3) is 0 Å². The number of aliphatic hydroxyl groups is 1. The Bertz CT molecular complexity index is 699. The molecular formula is C20H26N2O3. The minimum absolute atomic E-state index is 0.0833. The van der Waals surface area contributed by atoms with Crippen molar-refractivity contribution in [3.63, 3.8) is 0 Å². The Morgan fingerprint density at radius 3 is 2.56 bits per heavy atom. The van der Waals surface area contributed by atoms with E-state index in [0.29, 0.717) is 24.5 Å². The average Bonchev–Trinajstić information content (AvgIpc) is 2.62. The first-order chi connectivity index (χ1) is 12.0. The van der Waals surface area contributed by atoms with E-state index >= 15 is 0 Å². The zero-order valence-electron chi connectivity index (χ0n) is 15.0. The molecule has 0 aliphatic carbocycles. The van der Waals surface area contributed by atoms with Crippen molar-refractivity contribution in [3.05, 3.63) is 59.2 Å². The molecule has 0 aromatic heterocycles. The molecule has 1 amide bonds. The molecule has 1 unspecified atom stereocenters. The zero-order chi connectivity index (χ0) is 18.2. The van der Waals surface area contributed by atoms with Crippen LogP contribution in [0.5, 0.6) is 5.75 Å². The molecule has 3 N–H and O–H groups in total. The highest BCUT2D eigenvalue weighted by Gasteiger charge is 2.13. The van der Waals surface area contributed by atoms with Gasteiger partial charge in [0.05, 0.1) is 13.2 Å². The Hall–Kier alpha value is -2.53. The number of hydrogen-bond donors (Lipinski definition) is 3. The van der Waals surface area contributed by atoms with Gasteiger partial charge in [-0.3, -0.25) is 4.79 Å². The molecule has 0 aliphatic heterocycles. The number of benzene rings is 2. The number of aliphatic hydroxyl groups excluding tert-OH is 1. The Morgan fingerprint density at radius 2 is 1.92 bits per heavy atom. The second-order valence-corrected chi connectivity index (χ2v) is 5.98. The predicted molar refractivity (Wildman–Crippen MR) is 99.6 cm³/mol. The van der Waals surface area contributed by atoms with E-state index in [2.05, 4.69) is 10.6 Å². The molecule has 1 atom stereocenters. The summed E-state index contributed by atoms with van der Waals surface area (Å²) in [5, 5.41) is 15.5. The first-order valence-corrected chi connectivity index (χ1v) is 8.50. The molecule has 25 heavy (non-hydrogen) atoms. The zero-order valence-corrected chi connectivity index (χ0v) is 15.0. The number of hydrogen-bond acceptors (Lipinski definition) is 4. The molecule has 5 nitrogen and oxygen atoms in total. The van der Waals surface area contributed by atoms with Gasteiger partial charge in [-0.2, -0.15) is 0 Å². The van der Waals surface area contributed by atoms with Crippen LogP contribution in [0.3, 0.4) is 0 Å². The molecule has 0 saturated carbocycles. The van der Waals surface area contributed by atoms with E-state index in [1.165, 1.54) is 5.56 Å². The molecule has 5 heteroatoms. The molecule has 2 aromatic rings. The molecule has 2 aromatic carbocycles. The van der Waals surface area contributed by atoms with Crippen molar-refractivity contribution in [2.75, 3.05) is 11.9 Å². The third kappa shape index (κ3) is 5.50. The van der Waals surface area contributed by atoms with E-state index in [4.69, 9.17) is 4.74 Å². The molecule has 0 radical (unpaired) electrons. The molecule has 0 aliphatic rings. The van der Waals surface area contributed by atoms with Gasteiger partial charge < -0.3 is 20.5 Å². The van der Waals surface area contributed by atoms with Gasteiger partial charge in [0.1, 0.15) is 11.8 Å². The van der Waals surface area contributed by atoms with Crippen molar-refractivity contribution in [1.29, 1.82) is 0 Å². The minimum Gasteiger partial charge on any atom is -0.494 e. The van der Waals surface area contributed by atoms with Crippen molar-refractivity contribution in [2.24, 2.45) is 0 Å². The minimum atomic E-state index is -0.394. The van der Waals surface area contributed by atoms with E-state index in [-0.39, 0.29) is 12.5 Å². The second kappa shape index (κ2) is 9.08. The summed E-state index contributed by atoms with van der Waals surface area (Å²) in [6, 6.07) is 13.1. The fourth-order valence-corrected chi connectivity index (χ4v) is 2.45. The number of nitrogens with one attached hydrogen (secondary N) is 2. The lowest BCUT2D eigenvalue weighted by Gasteiger charge is -2.17. The Labute approximate surface area is 149 Å². The highest BCUT2D eigenvalue weighted by atomic mass is 16.5. The van der Waals surface area contributed by atoms with Gasteiger partial charge in [-0.15, -0.1) is 0 Å². The van der Waals surface area contributed by atoms with Gasteiger partial charge in [0.2, 0.25) is 5.91 Å². The third-order valence-electron chi connectivity index (χ3n) is 3.89. The maximum atomic E-state index is 12.3. The normalized spacial score (nSPS) is 11.7. The lowest BCUT2D eigenvalue weighted by atomic mass is 10.1. The standard InChI is InChI=1S/C20H26N2O3/c1-4-25-19-10-9-18(11-17(19)13-23)22-15(3)20(24)21-12-16-7-5-14(2)6-8-16/h5-11,15,22-23H,4,12-13H2,1-3H3,(H,21,24). The van der Waals surface area contributed by atoms with E-state index in [0.717, 1.165) is 11.3 Å². The lowest BCUT2D eigenvalue weighted by Crippen LogP contribution is -2.37. The van der Waals surface area contributed by atoms with Crippen LogP contribution < -0.4 is 15.4 Å². The highest BCUT2D eigenvalue weighted by Crippen LogP contribution is 2.23. The second-order valence-electron chi connectivity index (χ2n) is 5.98.